The maximum atomic E-state index is 12.0. The van der Waals surface area contributed by atoms with Gasteiger partial charge in [-0.05, 0) is 30.7 Å². The molecule has 1 aromatic rings. The largest absolute Gasteiger partial charge is 0.481 e. The number of pyridine rings is 1. The number of nitrogens with one attached hydrogen (secondary N) is 2. The Morgan fingerprint density at radius 1 is 1.50 bits per heavy atom. The van der Waals surface area contributed by atoms with Crippen molar-refractivity contribution < 1.29 is 14.6 Å². The van der Waals surface area contributed by atoms with Crippen LogP contribution in [0.5, 0.6) is 5.88 Å². The number of ether oxygens (including phenoxy) is 1. The van der Waals surface area contributed by atoms with E-state index in [2.05, 4.69) is 22.5 Å². The van der Waals surface area contributed by atoms with Crippen LogP contribution in [0.3, 0.4) is 0 Å². The zero-order valence-electron chi connectivity index (χ0n) is 13.2. The molecule has 2 amide bonds. The van der Waals surface area contributed by atoms with Gasteiger partial charge in [0, 0.05) is 18.8 Å². The maximum absolute atomic E-state index is 12.0. The first-order valence-corrected chi connectivity index (χ1v) is 7.86. The Bertz CT molecular complexity index is 472. The summed E-state index contributed by atoms with van der Waals surface area (Å²) >= 11 is 0. The molecule has 0 bridgehead atoms. The Kier molecular flexibility index (Phi) is 6.00. The molecular weight excluding hydrogens is 282 g/mol. The van der Waals surface area contributed by atoms with Crippen LogP contribution >= 0.6 is 0 Å². The standard InChI is InChI=1S/C16H25N3O3/c1-3-4-7-17-16(21)19-15(12-8-13(20)9-12)11-5-6-14(22-2)18-10-11/h5-6,10,12-13,15,20H,3-4,7-9H2,1-2H3,(H2,17,19,21)/t12?,13?,15-/m1/s1. The summed E-state index contributed by atoms with van der Waals surface area (Å²) in [6.07, 6.45) is 4.87. The van der Waals surface area contributed by atoms with Crippen LogP contribution in [-0.2, 0) is 0 Å². The minimum atomic E-state index is -0.260. The van der Waals surface area contributed by atoms with E-state index in [1.165, 1.54) is 0 Å². The molecule has 1 atom stereocenters. The molecule has 6 heteroatoms. The van der Waals surface area contributed by atoms with Crippen LogP contribution in [0.1, 0.15) is 44.2 Å². The lowest BCUT2D eigenvalue weighted by molar-refractivity contribution is 0.0259. The number of nitrogens with zero attached hydrogens (tertiary/aromatic N) is 1. The molecule has 1 aliphatic rings. The van der Waals surface area contributed by atoms with Crippen molar-refractivity contribution in [3.05, 3.63) is 23.9 Å². The Hall–Kier alpha value is -1.82. The van der Waals surface area contributed by atoms with Crippen molar-refractivity contribution in [2.45, 2.75) is 44.8 Å². The number of amides is 2. The van der Waals surface area contributed by atoms with E-state index in [0.717, 1.165) is 18.4 Å². The first-order chi connectivity index (χ1) is 10.6. The van der Waals surface area contributed by atoms with E-state index in [9.17, 15) is 9.90 Å². The van der Waals surface area contributed by atoms with E-state index in [1.54, 1.807) is 19.4 Å². The van der Waals surface area contributed by atoms with E-state index in [4.69, 9.17) is 4.74 Å². The molecule has 0 saturated heterocycles. The topological polar surface area (TPSA) is 83.5 Å². The molecule has 1 aliphatic carbocycles. The lowest BCUT2D eigenvalue weighted by Gasteiger charge is -2.38. The van der Waals surface area contributed by atoms with Crippen molar-refractivity contribution in [2.75, 3.05) is 13.7 Å². The van der Waals surface area contributed by atoms with E-state index in [-0.39, 0.29) is 24.1 Å². The first kappa shape index (κ1) is 16.5. The van der Waals surface area contributed by atoms with Gasteiger partial charge in [0.2, 0.25) is 5.88 Å². The molecule has 2 rings (SSSR count). The van der Waals surface area contributed by atoms with Crippen molar-refractivity contribution in [3.8, 4) is 5.88 Å². The summed E-state index contributed by atoms with van der Waals surface area (Å²) in [5.74, 6) is 0.783. The van der Waals surface area contributed by atoms with Gasteiger partial charge < -0.3 is 20.5 Å². The summed E-state index contributed by atoms with van der Waals surface area (Å²) in [7, 11) is 1.57. The summed E-state index contributed by atoms with van der Waals surface area (Å²) in [5, 5.41) is 15.4. The minimum absolute atomic E-state index is 0.136. The SMILES string of the molecule is CCCCNC(=O)N[C@H](c1ccc(OC)nc1)C1CC(O)C1. The highest BCUT2D eigenvalue weighted by Crippen LogP contribution is 2.38. The van der Waals surface area contributed by atoms with Crippen LogP contribution in [0, 0.1) is 5.92 Å². The Balaban J connectivity index is 2.00. The molecule has 0 aromatic carbocycles. The van der Waals surface area contributed by atoms with E-state index < -0.39 is 0 Å². The summed E-state index contributed by atoms with van der Waals surface area (Å²) in [6, 6.07) is 3.39. The van der Waals surface area contributed by atoms with E-state index >= 15 is 0 Å². The van der Waals surface area contributed by atoms with Crippen LogP contribution in [0.25, 0.3) is 0 Å². The Labute approximate surface area is 131 Å². The van der Waals surface area contributed by atoms with Gasteiger partial charge in [-0.1, -0.05) is 19.4 Å². The van der Waals surface area contributed by atoms with Crippen LogP contribution < -0.4 is 15.4 Å². The number of carbonyl (C=O) groups excluding carboxylic acids is 1. The van der Waals surface area contributed by atoms with Gasteiger partial charge in [-0.3, -0.25) is 0 Å². The number of rotatable bonds is 7. The fourth-order valence-electron chi connectivity index (χ4n) is 2.64. The van der Waals surface area contributed by atoms with Gasteiger partial charge in [-0.2, -0.15) is 0 Å². The lowest BCUT2D eigenvalue weighted by Crippen LogP contribution is -2.45. The number of aromatic nitrogens is 1. The van der Waals surface area contributed by atoms with Crippen molar-refractivity contribution in [1.82, 2.24) is 15.6 Å². The van der Waals surface area contributed by atoms with Crippen LogP contribution in [0.4, 0.5) is 4.79 Å². The van der Waals surface area contributed by atoms with Gasteiger partial charge in [0.1, 0.15) is 0 Å². The second-order valence-electron chi connectivity index (χ2n) is 5.75. The lowest BCUT2D eigenvalue weighted by atomic mass is 9.75. The van der Waals surface area contributed by atoms with Crippen LogP contribution in [0.15, 0.2) is 18.3 Å². The number of hydrogen-bond acceptors (Lipinski definition) is 4. The molecule has 1 fully saturated rings. The number of aliphatic hydroxyl groups excluding tert-OH is 1. The van der Waals surface area contributed by atoms with Gasteiger partial charge in [0.15, 0.2) is 0 Å². The summed E-state index contributed by atoms with van der Waals surface area (Å²) in [4.78, 5) is 16.2. The maximum Gasteiger partial charge on any atom is 0.315 e. The van der Waals surface area contributed by atoms with Crippen molar-refractivity contribution >= 4 is 6.03 Å². The molecule has 1 heterocycles. The summed E-state index contributed by atoms with van der Waals surface area (Å²) < 4.78 is 5.06. The Morgan fingerprint density at radius 2 is 2.27 bits per heavy atom. The molecule has 0 unspecified atom stereocenters. The van der Waals surface area contributed by atoms with Gasteiger partial charge >= 0.3 is 6.03 Å². The van der Waals surface area contributed by atoms with E-state index in [0.29, 0.717) is 25.3 Å². The number of unbranched alkanes of at least 4 members (excludes halogenated alkanes) is 1. The molecule has 1 saturated carbocycles. The number of urea groups is 1. The minimum Gasteiger partial charge on any atom is -0.481 e. The van der Waals surface area contributed by atoms with Gasteiger partial charge in [-0.15, -0.1) is 0 Å². The van der Waals surface area contributed by atoms with Crippen LogP contribution in [-0.4, -0.2) is 35.9 Å². The molecule has 122 valence electrons. The number of carbonyl (C=O) groups is 1. The first-order valence-electron chi connectivity index (χ1n) is 7.86. The Morgan fingerprint density at radius 3 is 2.82 bits per heavy atom. The van der Waals surface area contributed by atoms with Gasteiger partial charge in [0.25, 0.3) is 0 Å². The smallest absolute Gasteiger partial charge is 0.315 e. The number of hydrogen-bond donors (Lipinski definition) is 3. The summed E-state index contributed by atoms with van der Waals surface area (Å²) in [5.41, 5.74) is 0.934. The highest BCUT2D eigenvalue weighted by Gasteiger charge is 2.35. The normalized spacial score (nSPS) is 21.6. The zero-order chi connectivity index (χ0) is 15.9. The van der Waals surface area contributed by atoms with Crippen molar-refractivity contribution in [1.29, 1.82) is 0 Å². The third kappa shape index (κ3) is 4.34. The quantitative estimate of drug-likeness (QED) is 0.673. The third-order valence-electron chi connectivity index (χ3n) is 4.05. The highest BCUT2D eigenvalue weighted by molar-refractivity contribution is 5.74. The summed E-state index contributed by atoms with van der Waals surface area (Å²) in [6.45, 7) is 2.75. The monoisotopic (exact) mass is 307 g/mol. The predicted molar refractivity (Wildman–Crippen MR) is 83.7 cm³/mol. The molecule has 6 nitrogen and oxygen atoms in total. The second kappa shape index (κ2) is 7.98. The van der Waals surface area contributed by atoms with Crippen molar-refractivity contribution in [2.24, 2.45) is 5.92 Å². The number of aliphatic hydroxyl groups is 1. The predicted octanol–water partition coefficient (Wildman–Crippen LogP) is 2.00. The van der Waals surface area contributed by atoms with Gasteiger partial charge in [-0.25, -0.2) is 9.78 Å². The molecule has 0 spiro atoms. The molecule has 0 aliphatic heterocycles. The van der Waals surface area contributed by atoms with Gasteiger partial charge in [0.05, 0.1) is 19.3 Å². The van der Waals surface area contributed by atoms with Crippen LogP contribution in [0.2, 0.25) is 0 Å². The molecule has 3 N–H and O–H groups in total. The average molecular weight is 307 g/mol. The fraction of sp³-hybridized carbons (Fsp3) is 0.625. The molecule has 22 heavy (non-hydrogen) atoms. The molecule has 0 radical (unpaired) electrons. The third-order valence-corrected chi connectivity index (χ3v) is 4.05. The highest BCUT2D eigenvalue weighted by atomic mass is 16.5. The second-order valence-corrected chi connectivity index (χ2v) is 5.75. The zero-order valence-corrected chi connectivity index (χ0v) is 13.2. The number of methoxy groups -OCH3 is 1. The average Bonchev–Trinajstić information content (AvgIpc) is 2.50. The van der Waals surface area contributed by atoms with E-state index in [1.807, 2.05) is 6.07 Å². The molecular formula is C16H25N3O3. The van der Waals surface area contributed by atoms with Crippen molar-refractivity contribution in [3.63, 3.8) is 0 Å². The molecule has 1 aromatic heterocycles. The fourth-order valence-corrected chi connectivity index (χ4v) is 2.64.